The first-order valence-electron chi connectivity index (χ1n) is 17.8. The number of aliphatic carboxylic acids is 2. The number of ether oxygens (including phenoxy) is 2. The molecule has 2 amide bonds. The molecule has 0 radical (unpaired) electrons. The number of carbonyl (C=O) groups is 5. The van der Waals surface area contributed by atoms with Crippen LogP contribution in [0.15, 0.2) is 71.9 Å². The van der Waals surface area contributed by atoms with Crippen molar-refractivity contribution in [2.75, 3.05) is 30.0 Å². The Balaban J connectivity index is 0.000000739. The average molecular weight is 778 g/mol. The van der Waals surface area contributed by atoms with Crippen molar-refractivity contribution in [3.8, 4) is 0 Å². The molecule has 0 fully saturated rings. The van der Waals surface area contributed by atoms with Gasteiger partial charge in [0.1, 0.15) is 17.5 Å². The number of carboxylic acid groups (broad SMARTS) is 2. The molecular formula is C38H47N7O11. The Kier molecular flexibility index (Phi) is 17.4. The van der Waals surface area contributed by atoms with Gasteiger partial charge in [0.2, 0.25) is 0 Å². The Morgan fingerprint density at radius 2 is 1.59 bits per heavy atom. The van der Waals surface area contributed by atoms with Crippen LogP contribution in [0, 0.1) is 0 Å². The topological polar surface area (TPSA) is 269 Å². The molecule has 0 bridgehead atoms. The number of unbranched alkanes of at least 4 members (excludes halogenated alkanes) is 3. The van der Waals surface area contributed by atoms with Gasteiger partial charge in [-0.25, -0.2) is 24.4 Å². The second kappa shape index (κ2) is 22.1. The van der Waals surface area contributed by atoms with Crippen LogP contribution in [0.2, 0.25) is 0 Å². The number of aliphatic imine (C=N–C) groups is 1. The van der Waals surface area contributed by atoms with Crippen LogP contribution in [0.25, 0.3) is 11.0 Å². The molecule has 2 heterocycles. The lowest BCUT2D eigenvalue weighted by Gasteiger charge is -2.21. The van der Waals surface area contributed by atoms with Crippen molar-refractivity contribution in [3.05, 3.63) is 83.8 Å². The number of aliphatic hydroxyl groups excluding tert-OH is 2. The van der Waals surface area contributed by atoms with E-state index >= 15 is 0 Å². The highest BCUT2D eigenvalue weighted by Crippen LogP contribution is 2.21. The van der Waals surface area contributed by atoms with Crippen LogP contribution < -0.4 is 16.0 Å². The molecule has 7 N–H and O–H groups in total. The van der Waals surface area contributed by atoms with Gasteiger partial charge in [-0.1, -0.05) is 32.3 Å². The molecule has 2 atom stereocenters. The molecule has 2 aromatic carbocycles. The first-order chi connectivity index (χ1) is 26.8. The van der Waals surface area contributed by atoms with Crippen molar-refractivity contribution in [2.45, 2.75) is 64.7 Å². The summed E-state index contributed by atoms with van der Waals surface area (Å²) in [6.07, 6.45) is 0.462. The molecule has 56 heavy (non-hydrogen) atoms. The summed E-state index contributed by atoms with van der Waals surface area (Å²) in [6, 6.07) is 17.9. The number of nitrogens with zero attached hydrogens (tertiary/aromatic N) is 5. The van der Waals surface area contributed by atoms with E-state index in [0.717, 1.165) is 42.7 Å². The Labute approximate surface area is 322 Å². The number of aliphatic hydroxyl groups is 2. The van der Waals surface area contributed by atoms with E-state index in [0.29, 0.717) is 35.6 Å². The van der Waals surface area contributed by atoms with Crippen LogP contribution in [0.5, 0.6) is 0 Å². The first kappa shape index (κ1) is 44.0. The molecule has 18 nitrogen and oxygen atoms in total. The van der Waals surface area contributed by atoms with E-state index in [1.807, 2.05) is 29.8 Å². The molecule has 0 saturated carbocycles. The van der Waals surface area contributed by atoms with Crippen molar-refractivity contribution in [3.63, 3.8) is 0 Å². The summed E-state index contributed by atoms with van der Waals surface area (Å²) >= 11 is 0. The molecular weight excluding hydrogens is 730 g/mol. The number of carbonyl (C=O) groups excluding carboxylic acids is 3. The molecule has 4 aromatic rings. The highest BCUT2D eigenvalue weighted by molar-refractivity contribution is 6.07. The summed E-state index contributed by atoms with van der Waals surface area (Å²) < 4.78 is 12.1. The van der Waals surface area contributed by atoms with Gasteiger partial charge < -0.3 is 45.5 Å². The fraction of sp³-hybridized carbons (Fsp3) is 0.368. The molecule has 4 rings (SSSR count). The van der Waals surface area contributed by atoms with Gasteiger partial charge >= 0.3 is 24.0 Å². The number of benzene rings is 2. The number of hydrogen-bond donors (Lipinski definition) is 6. The summed E-state index contributed by atoms with van der Waals surface area (Å²) in [5.41, 5.74) is 9.40. The zero-order chi connectivity index (χ0) is 41.2. The molecule has 300 valence electrons. The zero-order valence-electron chi connectivity index (χ0n) is 31.3. The first-order valence-corrected chi connectivity index (χ1v) is 17.8. The smallest absolute Gasteiger partial charge is 0.435 e. The van der Waals surface area contributed by atoms with Crippen LogP contribution in [0.1, 0.15) is 67.7 Å². The van der Waals surface area contributed by atoms with E-state index in [9.17, 15) is 24.0 Å². The number of amides is 2. The maximum Gasteiger partial charge on any atom is 0.435 e. The van der Waals surface area contributed by atoms with Crippen molar-refractivity contribution in [1.29, 1.82) is 0 Å². The van der Waals surface area contributed by atoms with E-state index in [1.54, 1.807) is 55.6 Å². The van der Waals surface area contributed by atoms with E-state index in [-0.39, 0.29) is 37.3 Å². The maximum atomic E-state index is 13.6. The Morgan fingerprint density at radius 3 is 2.20 bits per heavy atom. The lowest BCUT2D eigenvalue weighted by atomic mass is 10.1. The predicted molar refractivity (Wildman–Crippen MR) is 205 cm³/mol. The third kappa shape index (κ3) is 13.2. The molecule has 0 aliphatic rings. The largest absolute Gasteiger partial charge is 0.479 e. The van der Waals surface area contributed by atoms with E-state index in [2.05, 4.69) is 22.2 Å². The number of aromatic nitrogens is 3. The monoisotopic (exact) mass is 777 g/mol. The Hall–Kier alpha value is -6.40. The number of fused-ring (bicyclic) bond motifs is 1. The number of hydrogen-bond acceptors (Lipinski definition) is 12. The number of rotatable bonds is 18. The van der Waals surface area contributed by atoms with Crippen molar-refractivity contribution < 1.29 is 53.9 Å². The van der Waals surface area contributed by atoms with E-state index in [4.69, 9.17) is 40.6 Å². The number of anilines is 2. The maximum absolute atomic E-state index is 13.6. The average Bonchev–Trinajstić information content (AvgIpc) is 3.51. The van der Waals surface area contributed by atoms with Gasteiger partial charge in [-0.2, -0.15) is 4.99 Å². The predicted octanol–water partition coefficient (Wildman–Crippen LogP) is 3.48. The third-order valence-electron chi connectivity index (χ3n) is 8.11. The van der Waals surface area contributed by atoms with Crippen molar-refractivity contribution in [2.24, 2.45) is 17.8 Å². The van der Waals surface area contributed by atoms with Crippen LogP contribution in [-0.4, -0.2) is 103 Å². The lowest BCUT2D eigenvalue weighted by Crippen LogP contribution is -2.39. The van der Waals surface area contributed by atoms with Gasteiger partial charge in [-0.05, 0) is 67.9 Å². The van der Waals surface area contributed by atoms with Gasteiger partial charge in [0.15, 0.2) is 12.2 Å². The molecule has 18 heteroatoms. The number of aryl methyl sites for hydroxylation is 1. The summed E-state index contributed by atoms with van der Waals surface area (Å²) in [7, 11) is 1.91. The molecule has 2 aromatic heterocycles. The normalized spacial score (nSPS) is 12.1. The number of nitrogens with two attached hydrogens (primary N) is 1. The number of carboxylic acids is 2. The molecule has 0 spiro atoms. The SMILES string of the molecule is CCCCCCOC(=O)/N=C(/N)c1ccc(NCc2nc3cc(C(=O)N(CCC(=O)OCC)c4ccccn4)ccc3n2C)cc1.O=C(O)[C@@H](O)[C@H](O)C(=O)O. The van der Waals surface area contributed by atoms with Crippen LogP contribution in [-0.2, 0) is 37.4 Å². The number of pyridine rings is 1. The summed E-state index contributed by atoms with van der Waals surface area (Å²) in [6.45, 7) is 5.02. The van der Waals surface area contributed by atoms with Gasteiger partial charge in [-0.15, -0.1) is 0 Å². The fourth-order valence-corrected chi connectivity index (χ4v) is 5.06. The summed E-state index contributed by atoms with van der Waals surface area (Å²) in [4.78, 5) is 71.6. The van der Waals surface area contributed by atoms with Crippen LogP contribution in [0.4, 0.5) is 16.3 Å². The number of imidazole rings is 1. The van der Waals surface area contributed by atoms with Gasteiger partial charge in [0, 0.05) is 36.6 Å². The minimum Gasteiger partial charge on any atom is -0.479 e. The van der Waals surface area contributed by atoms with Crippen molar-refractivity contribution in [1.82, 2.24) is 14.5 Å². The Bertz CT molecular complexity index is 1950. The van der Waals surface area contributed by atoms with E-state index < -0.39 is 30.2 Å². The van der Waals surface area contributed by atoms with Crippen LogP contribution >= 0.6 is 0 Å². The highest BCUT2D eigenvalue weighted by Gasteiger charge is 2.29. The van der Waals surface area contributed by atoms with Crippen molar-refractivity contribution >= 4 is 58.3 Å². The second-order valence-electron chi connectivity index (χ2n) is 12.2. The molecule has 0 aliphatic carbocycles. The number of esters is 1. The zero-order valence-corrected chi connectivity index (χ0v) is 31.3. The van der Waals surface area contributed by atoms with Crippen LogP contribution in [0.3, 0.4) is 0 Å². The minimum atomic E-state index is -2.27. The highest BCUT2D eigenvalue weighted by atomic mass is 16.5. The Morgan fingerprint density at radius 1 is 0.911 bits per heavy atom. The summed E-state index contributed by atoms with van der Waals surface area (Å²) in [5, 5.41) is 35.9. The quantitative estimate of drug-likeness (QED) is 0.0365. The fourth-order valence-electron chi connectivity index (χ4n) is 5.06. The minimum absolute atomic E-state index is 0.0455. The number of nitrogens with one attached hydrogen (secondary N) is 1. The number of amidine groups is 1. The third-order valence-corrected chi connectivity index (χ3v) is 8.11. The molecule has 0 unspecified atom stereocenters. The van der Waals surface area contributed by atoms with Gasteiger partial charge in [0.05, 0.1) is 37.2 Å². The standard InChI is InChI=1S/C34H41N7O5.C4H6O6/c1-4-6-7-10-21-46-34(44)39-32(35)24-12-15-26(16-13-24)37-23-30-38-27-22-25(14-17-28(27)40(30)3)33(43)41(20-18-31(42)45-5-2)29-11-8-9-19-36-29;5-1(3(7)8)2(6)4(9)10/h8-9,11-17,19,22,37H,4-7,10,18,20-21,23H2,1-3H3,(H2,35,39,44);1-2,5-6H,(H,7,8)(H,9,10)/t;1-,2-/m.0/s1. The summed E-state index contributed by atoms with van der Waals surface area (Å²) in [5.74, 6) is -2.92. The molecule has 0 aliphatic heterocycles. The molecule has 0 saturated heterocycles. The second-order valence-corrected chi connectivity index (χ2v) is 12.2. The van der Waals surface area contributed by atoms with E-state index in [1.165, 1.54) is 4.90 Å². The van der Waals surface area contributed by atoms with Gasteiger partial charge in [0.25, 0.3) is 5.91 Å². The lowest BCUT2D eigenvalue weighted by molar-refractivity contribution is -0.165. The van der Waals surface area contributed by atoms with Gasteiger partial charge in [-0.3, -0.25) is 14.5 Å².